The Kier molecular flexibility index (Phi) is 6.97. The first-order valence-corrected chi connectivity index (χ1v) is 12.1. The summed E-state index contributed by atoms with van der Waals surface area (Å²) in [6.45, 7) is 0. The van der Waals surface area contributed by atoms with Crippen LogP contribution in [0.1, 0.15) is 44.5 Å². The third-order valence-corrected chi connectivity index (χ3v) is 6.46. The van der Waals surface area contributed by atoms with E-state index in [0.717, 1.165) is 25.7 Å². The van der Waals surface area contributed by atoms with Crippen molar-refractivity contribution >= 4 is 0 Å². The van der Waals surface area contributed by atoms with Gasteiger partial charge in [0.05, 0.1) is 0 Å². The fourth-order valence-electron chi connectivity index (χ4n) is 4.56. The average Bonchev–Trinajstić information content (AvgIpc) is 2.89. The molecule has 0 fully saturated rings. The Labute approximate surface area is 203 Å². The van der Waals surface area contributed by atoms with Gasteiger partial charge in [0.1, 0.15) is 0 Å². The van der Waals surface area contributed by atoms with Gasteiger partial charge in [0, 0.05) is 0 Å². The van der Waals surface area contributed by atoms with E-state index >= 15 is 0 Å². The van der Waals surface area contributed by atoms with Gasteiger partial charge in [0.25, 0.3) is 0 Å². The van der Waals surface area contributed by atoms with Crippen LogP contribution in [-0.2, 0) is 25.7 Å². The fraction of sp³-hybridized carbons (Fsp3) is 0.118. The van der Waals surface area contributed by atoms with Crippen LogP contribution in [0.4, 0.5) is 0 Å². The number of rotatable bonds is 8. The molecule has 0 atom stereocenters. The van der Waals surface area contributed by atoms with Crippen molar-refractivity contribution in [3.8, 4) is 0 Å². The zero-order valence-corrected chi connectivity index (χ0v) is 19.5. The van der Waals surface area contributed by atoms with E-state index in [1.807, 2.05) is 0 Å². The van der Waals surface area contributed by atoms with Crippen LogP contribution in [0.3, 0.4) is 0 Å². The largest absolute Gasteiger partial charge is 0.0622 e. The molecule has 5 aromatic rings. The molecule has 166 valence electrons. The van der Waals surface area contributed by atoms with E-state index in [2.05, 4.69) is 133 Å². The van der Waals surface area contributed by atoms with Crippen molar-refractivity contribution in [1.82, 2.24) is 0 Å². The van der Waals surface area contributed by atoms with Crippen molar-refractivity contribution in [2.24, 2.45) is 0 Å². The fourth-order valence-corrected chi connectivity index (χ4v) is 4.56. The monoisotopic (exact) mass is 438 g/mol. The van der Waals surface area contributed by atoms with Crippen LogP contribution < -0.4 is 0 Å². The Bertz CT molecular complexity index is 1190. The summed E-state index contributed by atoms with van der Waals surface area (Å²) in [7, 11) is 0. The van der Waals surface area contributed by atoms with Crippen molar-refractivity contribution in [3.63, 3.8) is 0 Å². The number of hydrogen-bond acceptors (Lipinski definition) is 0. The molecule has 0 heterocycles. The average molecular weight is 439 g/mol. The molecule has 0 aliphatic carbocycles. The van der Waals surface area contributed by atoms with Crippen LogP contribution in [-0.4, -0.2) is 0 Å². The van der Waals surface area contributed by atoms with E-state index in [-0.39, 0.29) is 0 Å². The first-order valence-electron chi connectivity index (χ1n) is 12.1. The number of benzene rings is 5. The van der Waals surface area contributed by atoms with Crippen LogP contribution in [0.15, 0.2) is 133 Å². The first-order chi connectivity index (χ1) is 16.8. The standard InChI is InChI=1S/C34H30/c1-3-9-27(10-4-1)23-29-15-19-31(20-16-29)25-33-13-7-8-14-34(33)26-32-21-17-30(18-22-32)24-28-11-5-2-6-12-28/h1-22H,23-26H2. The van der Waals surface area contributed by atoms with Crippen molar-refractivity contribution in [2.75, 3.05) is 0 Å². The van der Waals surface area contributed by atoms with E-state index in [4.69, 9.17) is 0 Å². The molecule has 0 spiro atoms. The summed E-state index contributed by atoms with van der Waals surface area (Å²) in [5.74, 6) is 0. The van der Waals surface area contributed by atoms with Gasteiger partial charge in [-0.25, -0.2) is 0 Å². The van der Waals surface area contributed by atoms with Crippen molar-refractivity contribution in [1.29, 1.82) is 0 Å². The molecule has 0 saturated carbocycles. The molecule has 0 nitrogen and oxygen atoms in total. The predicted molar refractivity (Wildman–Crippen MR) is 143 cm³/mol. The van der Waals surface area contributed by atoms with E-state index in [1.54, 1.807) is 0 Å². The van der Waals surface area contributed by atoms with Gasteiger partial charge < -0.3 is 0 Å². The van der Waals surface area contributed by atoms with E-state index in [1.165, 1.54) is 44.5 Å². The van der Waals surface area contributed by atoms with Gasteiger partial charge >= 0.3 is 0 Å². The van der Waals surface area contributed by atoms with Gasteiger partial charge in [-0.3, -0.25) is 0 Å². The molecule has 0 bridgehead atoms. The minimum absolute atomic E-state index is 0.966. The summed E-state index contributed by atoms with van der Waals surface area (Å²) < 4.78 is 0. The highest BCUT2D eigenvalue weighted by Crippen LogP contribution is 2.20. The molecule has 0 amide bonds. The Morgan fingerprint density at radius 2 is 0.500 bits per heavy atom. The smallest absolute Gasteiger partial charge is 0.00229 e. The zero-order valence-electron chi connectivity index (χ0n) is 19.5. The minimum atomic E-state index is 0.966. The maximum Gasteiger partial charge on any atom is -0.00229 e. The summed E-state index contributed by atoms with van der Waals surface area (Å²) in [5.41, 5.74) is 11.0. The zero-order chi connectivity index (χ0) is 23.0. The summed E-state index contributed by atoms with van der Waals surface area (Å²) >= 11 is 0. The van der Waals surface area contributed by atoms with Crippen LogP contribution in [0, 0.1) is 0 Å². The molecule has 0 aliphatic heterocycles. The van der Waals surface area contributed by atoms with E-state index in [9.17, 15) is 0 Å². The second kappa shape index (κ2) is 10.8. The molecular weight excluding hydrogens is 408 g/mol. The molecule has 0 unspecified atom stereocenters. The molecule has 5 aromatic carbocycles. The second-order valence-electron chi connectivity index (χ2n) is 9.08. The van der Waals surface area contributed by atoms with E-state index < -0.39 is 0 Å². The van der Waals surface area contributed by atoms with Crippen LogP contribution in [0.2, 0.25) is 0 Å². The number of hydrogen-bond donors (Lipinski definition) is 0. The van der Waals surface area contributed by atoms with Gasteiger partial charge in [-0.2, -0.15) is 0 Å². The minimum Gasteiger partial charge on any atom is -0.0622 e. The molecule has 0 saturated heterocycles. The van der Waals surface area contributed by atoms with Crippen molar-refractivity contribution < 1.29 is 0 Å². The Hall–Kier alpha value is -3.90. The molecule has 0 N–H and O–H groups in total. The maximum absolute atomic E-state index is 2.29. The van der Waals surface area contributed by atoms with Crippen LogP contribution in [0.25, 0.3) is 0 Å². The molecule has 5 rings (SSSR count). The highest BCUT2D eigenvalue weighted by Gasteiger charge is 2.06. The van der Waals surface area contributed by atoms with Gasteiger partial charge in [-0.1, -0.05) is 133 Å². The Morgan fingerprint density at radius 3 is 0.853 bits per heavy atom. The lowest BCUT2D eigenvalue weighted by molar-refractivity contribution is 1.08. The topological polar surface area (TPSA) is 0 Å². The van der Waals surface area contributed by atoms with Crippen LogP contribution >= 0.6 is 0 Å². The third-order valence-electron chi connectivity index (χ3n) is 6.46. The lowest BCUT2D eigenvalue weighted by Crippen LogP contribution is -1.98. The summed E-state index contributed by atoms with van der Waals surface area (Å²) in [5, 5.41) is 0. The summed E-state index contributed by atoms with van der Waals surface area (Å²) in [6, 6.07) is 48.5. The highest BCUT2D eigenvalue weighted by molar-refractivity contribution is 5.38. The molecule has 34 heavy (non-hydrogen) atoms. The summed E-state index contributed by atoms with van der Waals surface area (Å²) in [6.07, 6.45) is 3.90. The van der Waals surface area contributed by atoms with Gasteiger partial charge in [0.15, 0.2) is 0 Å². The molecule has 0 aliphatic rings. The van der Waals surface area contributed by atoms with Crippen molar-refractivity contribution in [2.45, 2.75) is 25.7 Å². The second-order valence-corrected chi connectivity index (χ2v) is 9.08. The Balaban J connectivity index is 1.25. The predicted octanol–water partition coefficient (Wildman–Crippen LogP) is 8.05. The normalized spacial score (nSPS) is 10.8. The quantitative estimate of drug-likeness (QED) is 0.230. The third kappa shape index (κ3) is 5.91. The molecule has 0 aromatic heterocycles. The molecule has 0 radical (unpaired) electrons. The van der Waals surface area contributed by atoms with Crippen LogP contribution in [0.5, 0.6) is 0 Å². The lowest BCUT2D eigenvalue weighted by atomic mass is 9.94. The van der Waals surface area contributed by atoms with Gasteiger partial charge in [0.2, 0.25) is 0 Å². The molecule has 0 heteroatoms. The van der Waals surface area contributed by atoms with Crippen molar-refractivity contribution in [3.05, 3.63) is 178 Å². The highest BCUT2D eigenvalue weighted by atomic mass is 14.1. The SMILES string of the molecule is c1ccc(Cc2ccc(Cc3ccccc3Cc3ccc(Cc4ccccc4)cc3)cc2)cc1. The maximum atomic E-state index is 2.29. The summed E-state index contributed by atoms with van der Waals surface area (Å²) in [4.78, 5) is 0. The van der Waals surface area contributed by atoms with E-state index in [0.29, 0.717) is 0 Å². The Morgan fingerprint density at radius 1 is 0.235 bits per heavy atom. The van der Waals surface area contributed by atoms with Gasteiger partial charge in [-0.15, -0.1) is 0 Å². The molecular formula is C34H30. The lowest BCUT2D eigenvalue weighted by Gasteiger charge is -2.11. The first kappa shape index (κ1) is 21.9. The van der Waals surface area contributed by atoms with Gasteiger partial charge in [-0.05, 0) is 70.2 Å².